The predicted octanol–water partition coefficient (Wildman–Crippen LogP) is 5.60. The molecule has 0 amide bonds. The minimum absolute atomic E-state index is 0.349. The van der Waals surface area contributed by atoms with Gasteiger partial charge >= 0.3 is 7.12 Å². The lowest BCUT2D eigenvalue weighted by Gasteiger charge is -2.32. The van der Waals surface area contributed by atoms with Gasteiger partial charge in [-0.2, -0.15) is 0 Å². The third kappa shape index (κ3) is 3.08. The molecule has 0 saturated carbocycles. The molecule has 1 aliphatic rings. The van der Waals surface area contributed by atoms with E-state index >= 15 is 0 Å². The molecule has 4 aromatic rings. The molecule has 0 spiro atoms. The van der Waals surface area contributed by atoms with E-state index in [1.807, 2.05) is 6.07 Å². The molecule has 5 rings (SSSR count). The fraction of sp³-hybridized carbons (Fsp3) is 0.231. The lowest BCUT2D eigenvalue weighted by atomic mass is 9.78. The molecule has 1 fully saturated rings. The van der Waals surface area contributed by atoms with E-state index in [0.717, 1.165) is 11.2 Å². The number of hydrogen-bond donors (Lipinski definition) is 0. The summed E-state index contributed by atoms with van der Waals surface area (Å²) in [6, 6.07) is 29.8. The quantitative estimate of drug-likeness (QED) is 0.422. The normalized spacial score (nSPS) is 17.5. The number of para-hydroxylation sites is 1. The minimum atomic E-state index is -0.361. The van der Waals surface area contributed by atoms with Crippen molar-refractivity contribution in [2.75, 3.05) is 0 Å². The van der Waals surface area contributed by atoms with Gasteiger partial charge < -0.3 is 13.9 Å². The summed E-state index contributed by atoms with van der Waals surface area (Å²) in [6.45, 7) is 8.35. The van der Waals surface area contributed by atoms with Gasteiger partial charge in [0.2, 0.25) is 0 Å². The summed E-state index contributed by atoms with van der Waals surface area (Å²) in [5.74, 6) is 0. The second kappa shape index (κ2) is 6.87. The zero-order valence-electron chi connectivity index (χ0n) is 17.9. The molecule has 3 nitrogen and oxygen atoms in total. The fourth-order valence-corrected chi connectivity index (χ4v) is 4.04. The zero-order valence-corrected chi connectivity index (χ0v) is 17.9. The predicted molar refractivity (Wildman–Crippen MR) is 124 cm³/mol. The van der Waals surface area contributed by atoms with Crippen molar-refractivity contribution < 1.29 is 9.31 Å². The number of fused-ring (bicyclic) bond motifs is 1. The van der Waals surface area contributed by atoms with E-state index in [-0.39, 0.29) is 18.3 Å². The van der Waals surface area contributed by atoms with E-state index in [2.05, 4.69) is 111 Å². The molecular formula is C26H26BNO2. The molecule has 4 heteroatoms. The molecule has 2 heterocycles. The standard InChI is InChI=1S/C26H26BNO2/c1-25(2)26(3,4)30-27(29-25)21-15-16-23-20(17-21)18-24(19-11-7-5-8-12-19)28(23)22-13-9-6-10-14-22/h5-18H,1-4H3. The van der Waals surface area contributed by atoms with Gasteiger partial charge in [-0.25, -0.2) is 0 Å². The van der Waals surface area contributed by atoms with E-state index in [0.29, 0.717) is 0 Å². The zero-order chi connectivity index (χ0) is 20.9. The molecule has 30 heavy (non-hydrogen) atoms. The maximum atomic E-state index is 6.28. The van der Waals surface area contributed by atoms with Crippen LogP contribution in [0.5, 0.6) is 0 Å². The molecule has 0 N–H and O–H groups in total. The molecule has 0 aliphatic carbocycles. The Bertz CT molecular complexity index is 1180. The lowest BCUT2D eigenvalue weighted by molar-refractivity contribution is 0.00578. The highest BCUT2D eigenvalue weighted by Gasteiger charge is 2.51. The van der Waals surface area contributed by atoms with Gasteiger partial charge in [0.1, 0.15) is 0 Å². The van der Waals surface area contributed by atoms with E-state index in [9.17, 15) is 0 Å². The van der Waals surface area contributed by atoms with Crippen molar-refractivity contribution >= 4 is 23.5 Å². The molecule has 0 bridgehead atoms. The monoisotopic (exact) mass is 395 g/mol. The Hall–Kier alpha value is -2.82. The molecule has 0 radical (unpaired) electrons. The first kappa shape index (κ1) is 19.2. The van der Waals surface area contributed by atoms with Gasteiger partial charge in [0.15, 0.2) is 0 Å². The third-order valence-electron chi connectivity index (χ3n) is 6.43. The van der Waals surface area contributed by atoms with Gasteiger partial charge in [0, 0.05) is 11.1 Å². The number of nitrogens with zero attached hydrogens (tertiary/aromatic N) is 1. The van der Waals surface area contributed by atoms with Crippen LogP contribution in [0.2, 0.25) is 0 Å². The van der Waals surface area contributed by atoms with E-state index in [1.165, 1.54) is 22.2 Å². The highest BCUT2D eigenvalue weighted by atomic mass is 16.7. The highest BCUT2D eigenvalue weighted by Crippen LogP contribution is 2.37. The van der Waals surface area contributed by atoms with Crippen molar-refractivity contribution in [3.63, 3.8) is 0 Å². The smallest absolute Gasteiger partial charge is 0.399 e. The maximum Gasteiger partial charge on any atom is 0.494 e. The van der Waals surface area contributed by atoms with E-state index in [4.69, 9.17) is 9.31 Å². The Labute approximate surface area is 178 Å². The van der Waals surface area contributed by atoms with Crippen LogP contribution in [-0.4, -0.2) is 22.9 Å². The average molecular weight is 395 g/mol. The molecule has 1 saturated heterocycles. The van der Waals surface area contributed by atoms with Crippen LogP contribution in [-0.2, 0) is 9.31 Å². The van der Waals surface area contributed by atoms with Gasteiger partial charge in [-0.3, -0.25) is 0 Å². The Morgan fingerprint density at radius 3 is 1.93 bits per heavy atom. The third-order valence-corrected chi connectivity index (χ3v) is 6.43. The van der Waals surface area contributed by atoms with Crippen molar-refractivity contribution in [1.82, 2.24) is 4.57 Å². The van der Waals surface area contributed by atoms with Gasteiger partial charge in [0.25, 0.3) is 0 Å². The first-order valence-corrected chi connectivity index (χ1v) is 10.5. The summed E-state index contributed by atoms with van der Waals surface area (Å²) in [6.07, 6.45) is 0. The topological polar surface area (TPSA) is 23.4 Å². The molecule has 1 aliphatic heterocycles. The van der Waals surface area contributed by atoms with E-state index in [1.54, 1.807) is 0 Å². The highest BCUT2D eigenvalue weighted by molar-refractivity contribution is 6.62. The van der Waals surface area contributed by atoms with Crippen LogP contribution in [0.15, 0.2) is 84.9 Å². The summed E-state index contributed by atoms with van der Waals surface area (Å²) < 4.78 is 14.9. The minimum Gasteiger partial charge on any atom is -0.399 e. The van der Waals surface area contributed by atoms with E-state index < -0.39 is 0 Å². The summed E-state index contributed by atoms with van der Waals surface area (Å²) in [4.78, 5) is 0. The Morgan fingerprint density at radius 2 is 1.30 bits per heavy atom. The van der Waals surface area contributed by atoms with Crippen molar-refractivity contribution in [3.05, 3.63) is 84.9 Å². The van der Waals surface area contributed by atoms with Crippen molar-refractivity contribution in [2.24, 2.45) is 0 Å². The van der Waals surface area contributed by atoms with Crippen LogP contribution < -0.4 is 5.46 Å². The van der Waals surface area contributed by atoms with Gasteiger partial charge in [-0.05, 0) is 63.0 Å². The maximum absolute atomic E-state index is 6.28. The van der Waals surface area contributed by atoms with Crippen LogP contribution in [0.1, 0.15) is 27.7 Å². The number of rotatable bonds is 3. The van der Waals surface area contributed by atoms with Crippen LogP contribution in [0.4, 0.5) is 0 Å². The van der Waals surface area contributed by atoms with Crippen LogP contribution in [0, 0.1) is 0 Å². The second-order valence-electron chi connectivity index (χ2n) is 8.97. The molecular weight excluding hydrogens is 369 g/mol. The van der Waals surface area contributed by atoms with Crippen molar-refractivity contribution in [1.29, 1.82) is 0 Å². The molecule has 0 unspecified atom stereocenters. The summed E-state index contributed by atoms with van der Waals surface area (Å²) in [7, 11) is -0.361. The van der Waals surface area contributed by atoms with Crippen molar-refractivity contribution in [2.45, 2.75) is 38.9 Å². The number of aromatic nitrogens is 1. The summed E-state index contributed by atoms with van der Waals surface area (Å²) in [5, 5.41) is 1.17. The largest absolute Gasteiger partial charge is 0.494 e. The Kier molecular flexibility index (Phi) is 4.39. The second-order valence-corrected chi connectivity index (χ2v) is 8.97. The molecule has 3 aromatic carbocycles. The Morgan fingerprint density at radius 1 is 0.700 bits per heavy atom. The number of hydrogen-bond acceptors (Lipinski definition) is 2. The molecule has 1 aromatic heterocycles. The lowest BCUT2D eigenvalue weighted by Crippen LogP contribution is -2.41. The average Bonchev–Trinajstić information content (AvgIpc) is 3.22. The van der Waals surface area contributed by atoms with Gasteiger partial charge in [-0.15, -0.1) is 0 Å². The molecule has 0 atom stereocenters. The summed E-state index contributed by atoms with van der Waals surface area (Å²) in [5.41, 5.74) is 5.02. The van der Waals surface area contributed by atoms with Crippen LogP contribution in [0.3, 0.4) is 0 Å². The van der Waals surface area contributed by atoms with Crippen molar-refractivity contribution in [3.8, 4) is 16.9 Å². The SMILES string of the molecule is CC1(C)OB(c2ccc3c(c2)cc(-c2ccccc2)n3-c2ccccc2)OC1(C)C. The summed E-state index contributed by atoms with van der Waals surface area (Å²) >= 11 is 0. The van der Waals surface area contributed by atoms with Gasteiger partial charge in [-0.1, -0.05) is 60.7 Å². The first-order chi connectivity index (χ1) is 14.4. The fourth-order valence-electron chi connectivity index (χ4n) is 4.04. The van der Waals surface area contributed by atoms with Crippen LogP contribution >= 0.6 is 0 Å². The first-order valence-electron chi connectivity index (χ1n) is 10.5. The number of benzene rings is 3. The Balaban J connectivity index is 1.66. The van der Waals surface area contributed by atoms with Gasteiger partial charge in [0.05, 0.1) is 22.4 Å². The molecule has 150 valence electrons. The van der Waals surface area contributed by atoms with Crippen LogP contribution in [0.25, 0.3) is 27.8 Å².